The molecule has 4 rings (SSSR count). The third kappa shape index (κ3) is 3.13. The molecule has 1 aromatic heterocycles. The lowest BCUT2D eigenvalue weighted by molar-refractivity contribution is -0.130. The molecule has 1 aromatic rings. The Labute approximate surface area is 137 Å². The molecule has 1 amide bonds. The second kappa shape index (κ2) is 5.89. The number of carbonyl (C=O) groups excluding carboxylic acids is 1. The van der Waals surface area contributed by atoms with Crippen LogP contribution in [0.5, 0.6) is 0 Å². The Bertz CT molecular complexity index is 590. The highest BCUT2D eigenvalue weighted by atomic mass is 16.2. The molecule has 2 saturated carbocycles. The molecule has 0 aromatic carbocycles. The van der Waals surface area contributed by atoms with Gasteiger partial charge in [-0.15, -0.1) is 10.2 Å². The number of hydrogen-bond donors (Lipinski definition) is 0. The summed E-state index contributed by atoms with van der Waals surface area (Å²) in [5.74, 6) is 2.38. The minimum absolute atomic E-state index is 0.233. The molecule has 0 N–H and O–H groups in total. The molecule has 23 heavy (non-hydrogen) atoms. The standard InChI is InChI=1S/C17H27N5O/c1-12-18-19-17(22(12)15-7-8-15)11-20-9-3-4-16(20)10-21(13(2)23)14-5-6-14/h14-16H,3-11H2,1-2H3. The Balaban J connectivity index is 1.44. The molecule has 1 saturated heterocycles. The first-order valence-corrected chi connectivity index (χ1v) is 9.05. The molecule has 3 fully saturated rings. The van der Waals surface area contributed by atoms with E-state index in [1.54, 1.807) is 6.92 Å². The van der Waals surface area contributed by atoms with Gasteiger partial charge in [-0.1, -0.05) is 0 Å². The van der Waals surface area contributed by atoms with Crippen molar-refractivity contribution < 1.29 is 4.79 Å². The Morgan fingerprint density at radius 3 is 2.65 bits per heavy atom. The highest BCUT2D eigenvalue weighted by Gasteiger charge is 2.36. The second-order valence-electron chi connectivity index (χ2n) is 7.43. The summed E-state index contributed by atoms with van der Waals surface area (Å²) in [6, 6.07) is 1.61. The van der Waals surface area contributed by atoms with Crippen LogP contribution >= 0.6 is 0 Å². The first-order chi connectivity index (χ1) is 11.1. The van der Waals surface area contributed by atoms with Crippen LogP contribution in [0.3, 0.4) is 0 Å². The summed E-state index contributed by atoms with van der Waals surface area (Å²) in [6.07, 6.45) is 7.29. The van der Waals surface area contributed by atoms with Crippen LogP contribution in [0.2, 0.25) is 0 Å². The van der Waals surface area contributed by atoms with Gasteiger partial charge in [-0.05, 0) is 52.0 Å². The largest absolute Gasteiger partial charge is 0.338 e. The molecule has 6 heteroatoms. The molecule has 0 bridgehead atoms. The van der Waals surface area contributed by atoms with Gasteiger partial charge in [-0.3, -0.25) is 9.69 Å². The number of rotatable bonds is 6. The Hall–Kier alpha value is -1.43. The fourth-order valence-corrected chi connectivity index (χ4v) is 3.97. The van der Waals surface area contributed by atoms with Crippen molar-refractivity contribution in [1.29, 1.82) is 0 Å². The summed E-state index contributed by atoms with van der Waals surface area (Å²) in [6.45, 7) is 6.64. The molecule has 1 aliphatic heterocycles. The molecule has 6 nitrogen and oxygen atoms in total. The van der Waals surface area contributed by atoms with E-state index >= 15 is 0 Å². The van der Waals surface area contributed by atoms with Crippen molar-refractivity contribution in [3.05, 3.63) is 11.6 Å². The highest BCUT2D eigenvalue weighted by Crippen LogP contribution is 2.37. The molecule has 1 atom stereocenters. The minimum Gasteiger partial charge on any atom is -0.338 e. The number of aromatic nitrogens is 3. The van der Waals surface area contributed by atoms with Crippen LogP contribution < -0.4 is 0 Å². The Morgan fingerprint density at radius 1 is 1.22 bits per heavy atom. The lowest BCUT2D eigenvalue weighted by Crippen LogP contribution is -2.43. The zero-order valence-electron chi connectivity index (χ0n) is 14.2. The van der Waals surface area contributed by atoms with Gasteiger partial charge in [0, 0.05) is 31.6 Å². The van der Waals surface area contributed by atoms with Gasteiger partial charge in [-0.25, -0.2) is 0 Å². The van der Waals surface area contributed by atoms with Gasteiger partial charge in [0.25, 0.3) is 0 Å². The van der Waals surface area contributed by atoms with E-state index < -0.39 is 0 Å². The van der Waals surface area contributed by atoms with Gasteiger partial charge < -0.3 is 9.47 Å². The van der Waals surface area contributed by atoms with Crippen LogP contribution in [0.4, 0.5) is 0 Å². The van der Waals surface area contributed by atoms with E-state index in [0.29, 0.717) is 18.1 Å². The van der Waals surface area contributed by atoms with Gasteiger partial charge in [0.2, 0.25) is 5.91 Å². The number of carbonyl (C=O) groups is 1. The van der Waals surface area contributed by atoms with Crippen molar-refractivity contribution in [3.8, 4) is 0 Å². The summed E-state index contributed by atoms with van der Waals surface area (Å²) in [5, 5.41) is 8.72. The molecule has 126 valence electrons. The zero-order valence-corrected chi connectivity index (χ0v) is 14.2. The van der Waals surface area contributed by atoms with Crippen LogP contribution in [-0.2, 0) is 11.3 Å². The quantitative estimate of drug-likeness (QED) is 0.804. The number of aryl methyl sites for hydroxylation is 1. The van der Waals surface area contributed by atoms with Gasteiger partial charge in [0.05, 0.1) is 6.54 Å². The molecule has 2 aliphatic carbocycles. The van der Waals surface area contributed by atoms with Crippen molar-refractivity contribution in [3.63, 3.8) is 0 Å². The average Bonchev–Trinajstić information content (AvgIpc) is 3.43. The molecule has 2 heterocycles. The van der Waals surface area contributed by atoms with Crippen molar-refractivity contribution >= 4 is 5.91 Å². The van der Waals surface area contributed by atoms with Crippen molar-refractivity contribution in [2.45, 2.75) is 77.0 Å². The molecular weight excluding hydrogens is 290 g/mol. The normalized spacial score (nSPS) is 25.0. The smallest absolute Gasteiger partial charge is 0.219 e. The number of hydrogen-bond acceptors (Lipinski definition) is 4. The monoisotopic (exact) mass is 317 g/mol. The molecule has 0 spiro atoms. The molecule has 1 unspecified atom stereocenters. The second-order valence-corrected chi connectivity index (χ2v) is 7.43. The van der Waals surface area contributed by atoms with Crippen molar-refractivity contribution in [1.82, 2.24) is 24.6 Å². The van der Waals surface area contributed by atoms with E-state index in [9.17, 15) is 4.79 Å². The van der Waals surface area contributed by atoms with Crippen LogP contribution in [0.1, 0.15) is 63.1 Å². The topological polar surface area (TPSA) is 54.3 Å². The van der Waals surface area contributed by atoms with Crippen LogP contribution in [-0.4, -0.2) is 55.6 Å². The first-order valence-electron chi connectivity index (χ1n) is 9.05. The van der Waals surface area contributed by atoms with E-state index in [2.05, 4.69) is 31.5 Å². The molecular formula is C17H27N5O. The van der Waals surface area contributed by atoms with Crippen LogP contribution in [0, 0.1) is 6.92 Å². The summed E-state index contributed by atoms with van der Waals surface area (Å²) in [5.41, 5.74) is 0. The number of likely N-dealkylation sites (tertiary alicyclic amines) is 1. The van der Waals surface area contributed by atoms with Crippen molar-refractivity contribution in [2.24, 2.45) is 0 Å². The first kappa shape index (κ1) is 15.1. The predicted octanol–water partition coefficient (Wildman–Crippen LogP) is 1.90. The van der Waals surface area contributed by atoms with Crippen molar-refractivity contribution in [2.75, 3.05) is 13.1 Å². The maximum Gasteiger partial charge on any atom is 0.219 e. The van der Waals surface area contributed by atoms with Crippen LogP contribution in [0.25, 0.3) is 0 Å². The summed E-state index contributed by atoms with van der Waals surface area (Å²) in [4.78, 5) is 16.5. The Morgan fingerprint density at radius 2 is 2.00 bits per heavy atom. The lowest BCUT2D eigenvalue weighted by Gasteiger charge is -2.30. The fraction of sp³-hybridized carbons (Fsp3) is 0.824. The molecule has 0 radical (unpaired) electrons. The predicted molar refractivity (Wildman–Crippen MR) is 86.9 cm³/mol. The lowest BCUT2D eigenvalue weighted by atomic mass is 10.2. The van der Waals surface area contributed by atoms with Gasteiger partial charge in [0.15, 0.2) is 0 Å². The average molecular weight is 317 g/mol. The summed E-state index contributed by atoms with van der Waals surface area (Å²) >= 11 is 0. The third-order valence-electron chi connectivity index (χ3n) is 5.49. The van der Waals surface area contributed by atoms with E-state index in [1.807, 2.05) is 0 Å². The highest BCUT2D eigenvalue weighted by molar-refractivity contribution is 5.74. The Kier molecular flexibility index (Phi) is 3.87. The zero-order chi connectivity index (χ0) is 16.0. The van der Waals surface area contributed by atoms with Gasteiger partial charge in [-0.2, -0.15) is 0 Å². The minimum atomic E-state index is 0.233. The SMILES string of the molecule is CC(=O)N(CC1CCCN1Cc1nnc(C)n1C1CC1)C1CC1. The number of nitrogens with zero attached hydrogens (tertiary/aromatic N) is 5. The third-order valence-corrected chi connectivity index (χ3v) is 5.49. The number of amides is 1. The van der Waals surface area contributed by atoms with Gasteiger partial charge >= 0.3 is 0 Å². The summed E-state index contributed by atoms with van der Waals surface area (Å²) in [7, 11) is 0. The van der Waals surface area contributed by atoms with E-state index in [-0.39, 0.29) is 5.91 Å². The fourth-order valence-electron chi connectivity index (χ4n) is 3.97. The maximum absolute atomic E-state index is 11.9. The summed E-state index contributed by atoms with van der Waals surface area (Å²) < 4.78 is 2.33. The van der Waals surface area contributed by atoms with E-state index in [0.717, 1.165) is 31.3 Å². The maximum atomic E-state index is 11.9. The van der Waals surface area contributed by atoms with Gasteiger partial charge in [0.1, 0.15) is 11.6 Å². The van der Waals surface area contributed by atoms with E-state index in [1.165, 1.54) is 38.5 Å². The van der Waals surface area contributed by atoms with E-state index in [4.69, 9.17) is 0 Å². The molecule has 3 aliphatic rings. The van der Waals surface area contributed by atoms with Crippen LogP contribution in [0.15, 0.2) is 0 Å².